The summed E-state index contributed by atoms with van der Waals surface area (Å²) < 4.78 is 11.2. The number of cyclic esters (lactones) is 1. The molecule has 2 heterocycles. The molecule has 1 atom stereocenters. The summed E-state index contributed by atoms with van der Waals surface area (Å²) in [5.41, 5.74) is 1.19. The maximum atomic E-state index is 11.9. The van der Waals surface area contributed by atoms with Gasteiger partial charge in [-0.3, -0.25) is 0 Å². The van der Waals surface area contributed by atoms with Gasteiger partial charge < -0.3 is 19.3 Å². The van der Waals surface area contributed by atoms with Gasteiger partial charge in [0.15, 0.2) is 0 Å². The van der Waals surface area contributed by atoms with E-state index >= 15 is 0 Å². The number of nitrogens with zero attached hydrogens (tertiary/aromatic N) is 2. The first kappa shape index (κ1) is 22.2. The Morgan fingerprint density at radius 3 is 2.55 bits per heavy atom. The van der Waals surface area contributed by atoms with Gasteiger partial charge in [-0.05, 0) is 89.7 Å². The van der Waals surface area contributed by atoms with Crippen LogP contribution in [0, 0.1) is 11.8 Å². The van der Waals surface area contributed by atoms with Gasteiger partial charge in [-0.25, -0.2) is 4.79 Å². The van der Waals surface area contributed by atoms with Crippen LogP contribution in [0.1, 0.15) is 46.1 Å². The van der Waals surface area contributed by atoms with Gasteiger partial charge in [0.2, 0.25) is 0 Å². The number of rotatable bonds is 7. The number of likely N-dealkylation sites (tertiary alicyclic amines) is 1. The average molecular weight is 423 g/mol. The first-order valence-electron chi connectivity index (χ1n) is 10.9. The molecule has 5 nitrogen and oxygen atoms in total. The molecule has 2 saturated heterocycles. The lowest BCUT2D eigenvalue weighted by Crippen LogP contribution is -2.50. The number of hydrogen-bond donors (Lipinski definition) is 0. The molecule has 0 N–H and O–H groups in total. The molecule has 29 heavy (non-hydrogen) atoms. The van der Waals surface area contributed by atoms with E-state index in [1.807, 2.05) is 44.7 Å². The monoisotopic (exact) mass is 422 g/mol. The number of ether oxygens (including phenoxy) is 2. The fraction of sp³-hybridized carbons (Fsp3) is 0.696. The van der Waals surface area contributed by atoms with E-state index in [1.54, 1.807) is 0 Å². The number of carbonyl (C=O) groups excluding carboxylic acids is 1. The zero-order valence-electron chi connectivity index (χ0n) is 18.2. The highest BCUT2D eigenvalue weighted by Gasteiger charge is 2.31. The largest absolute Gasteiger partial charge is 0.491 e. The molecule has 2 aliphatic rings. The third-order valence-corrected chi connectivity index (χ3v) is 6.25. The molecule has 1 aromatic rings. The third kappa shape index (κ3) is 6.26. The average Bonchev–Trinajstić information content (AvgIpc) is 2.67. The molecule has 0 radical (unpaired) electrons. The number of halogens is 1. The summed E-state index contributed by atoms with van der Waals surface area (Å²) in [6.45, 7) is 12.7. The van der Waals surface area contributed by atoms with Crippen molar-refractivity contribution in [2.24, 2.45) is 11.8 Å². The topological polar surface area (TPSA) is 42.0 Å². The van der Waals surface area contributed by atoms with Crippen molar-refractivity contribution in [3.05, 3.63) is 28.8 Å². The van der Waals surface area contributed by atoms with E-state index in [0.717, 1.165) is 43.4 Å². The molecule has 1 amide bonds. The third-order valence-electron chi connectivity index (χ3n) is 5.88. The number of benzene rings is 1. The van der Waals surface area contributed by atoms with Gasteiger partial charge >= 0.3 is 6.09 Å². The zero-order chi connectivity index (χ0) is 21.0. The maximum absolute atomic E-state index is 11.9. The van der Waals surface area contributed by atoms with E-state index in [0.29, 0.717) is 18.4 Å². The molecule has 1 aromatic carbocycles. The molecule has 2 aliphatic heterocycles. The Kier molecular flexibility index (Phi) is 7.69. The van der Waals surface area contributed by atoms with Crippen molar-refractivity contribution >= 4 is 17.7 Å². The molecule has 162 valence electrons. The fourth-order valence-corrected chi connectivity index (χ4v) is 4.51. The van der Waals surface area contributed by atoms with Crippen LogP contribution in [0.2, 0.25) is 5.02 Å². The van der Waals surface area contributed by atoms with Gasteiger partial charge in [0.05, 0.1) is 12.7 Å². The Balaban J connectivity index is 1.48. The van der Waals surface area contributed by atoms with E-state index < -0.39 is 0 Å². The van der Waals surface area contributed by atoms with Crippen LogP contribution in [-0.2, 0) is 11.2 Å². The molecular weight excluding hydrogens is 388 g/mol. The number of carbonyl (C=O) groups is 1. The standard InChI is InChI=1S/C23H35ClN2O3/c1-16(2)26-14-19(15-28-23(26)27)13-25-9-7-18(8-10-25)11-20-12-21(29-17(3)4)5-6-22(20)24/h5-6,12,16-19H,7-11,13-15H2,1-4H3. The molecule has 0 aromatic heterocycles. The van der Waals surface area contributed by atoms with Crippen LogP contribution in [-0.4, -0.2) is 60.8 Å². The predicted molar refractivity (Wildman–Crippen MR) is 117 cm³/mol. The van der Waals surface area contributed by atoms with Gasteiger partial charge in [0.1, 0.15) is 5.75 Å². The van der Waals surface area contributed by atoms with Gasteiger partial charge in [0.25, 0.3) is 0 Å². The van der Waals surface area contributed by atoms with Crippen molar-refractivity contribution in [3.63, 3.8) is 0 Å². The molecule has 0 aliphatic carbocycles. The van der Waals surface area contributed by atoms with E-state index in [-0.39, 0.29) is 18.2 Å². The Morgan fingerprint density at radius 1 is 1.17 bits per heavy atom. The Hall–Kier alpha value is -1.46. The van der Waals surface area contributed by atoms with Crippen LogP contribution in [0.15, 0.2) is 18.2 Å². The van der Waals surface area contributed by atoms with Crippen LogP contribution in [0.4, 0.5) is 4.79 Å². The first-order valence-corrected chi connectivity index (χ1v) is 11.3. The molecule has 1 unspecified atom stereocenters. The minimum absolute atomic E-state index is 0.165. The molecule has 0 saturated carbocycles. The predicted octanol–water partition coefficient (Wildman–Crippen LogP) is 4.86. The summed E-state index contributed by atoms with van der Waals surface area (Å²) in [5, 5.41) is 0.835. The van der Waals surface area contributed by atoms with Crippen molar-refractivity contribution in [1.82, 2.24) is 9.80 Å². The first-order chi connectivity index (χ1) is 13.8. The highest BCUT2D eigenvalue weighted by atomic mass is 35.5. The van der Waals surface area contributed by atoms with Crippen molar-refractivity contribution in [2.45, 2.75) is 59.1 Å². The van der Waals surface area contributed by atoms with Crippen molar-refractivity contribution in [1.29, 1.82) is 0 Å². The van der Waals surface area contributed by atoms with Gasteiger partial charge in [-0.2, -0.15) is 0 Å². The number of piperidine rings is 1. The normalized spacial score (nSPS) is 21.7. The maximum Gasteiger partial charge on any atom is 0.410 e. The van der Waals surface area contributed by atoms with E-state index in [1.165, 1.54) is 18.4 Å². The van der Waals surface area contributed by atoms with Crippen molar-refractivity contribution in [2.75, 3.05) is 32.8 Å². The smallest absolute Gasteiger partial charge is 0.410 e. The second kappa shape index (κ2) is 10.0. The summed E-state index contributed by atoms with van der Waals surface area (Å²) in [4.78, 5) is 16.2. The summed E-state index contributed by atoms with van der Waals surface area (Å²) in [7, 11) is 0. The molecular formula is C23H35ClN2O3. The molecule has 0 bridgehead atoms. The number of amides is 1. The number of hydrogen-bond acceptors (Lipinski definition) is 4. The second-order valence-electron chi connectivity index (χ2n) is 9.06. The minimum Gasteiger partial charge on any atom is -0.491 e. The van der Waals surface area contributed by atoms with Crippen molar-refractivity contribution < 1.29 is 14.3 Å². The Labute approximate surface area is 180 Å². The van der Waals surface area contributed by atoms with E-state index in [4.69, 9.17) is 21.1 Å². The van der Waals surface area contributed by atoms with Crippen LogP contribution >= 0.6 is 11.6 Å². The molecule has 0 spiro atoms. The fourth-order valence-electron chi connectivity index (χ4n) is 4.31. The quantitative estimate of drug-likeness (QED) is 0.629. The van der Waals surface area contributed by atoms with Gasteiger partial charge in [-0.1, -0.05) is 11.6 Å². The van der Waals surface area contributed by atoms with E-state index in [2.05, 4.69) is 11.0 Å². The van der Waals surface area contributed by atoms with Crippen LogP contribution in [0.25, 0.3) is 0 Å². The molecule has 6 heteroatoms. The summed E-state index contributed by atoms with van der Waals surface area (Å²) in [5.74, 6) is 1.94. The Morgan fingerprint density at radius 2 is 1.90 bits per heavy atom. The van der Waals surface area contributed by atoms with Crippen LogP contribution in [0.3, 0.4) is 0 Å². The van der Waals surface area contributed by atoms with Gasteiger partial charge in [0, 0.05) is 30.1 Å². The molecule has 2 fully saturated rings. The minimum atomic E-state index is -0.171. The lowest BCUT2D eigenvalue weighted by Gasteiger charge is -2.39. The second-order valence-corrected chi connectivity index (χ2v) is 9.46. The molecule has 3 rings (SSSR count). The van der Waals surface area contributed by atoms with Crippen molar-refractivity contribution in [3.8, 4) is 5.75 Å². The summed E-state index contributed by atoms with van der Waals surface area (Å²) in [6.07, 6.45) is 3.34. The zero-order valence-corrected chi connectivity index (χ0v) is 19.0. The SMILES string of the molecule is CC(C)Oc1ccc(Cl)c(CC2CCN(CC3COC(=O)N(C(C)C)C3)CC2)c1. The lowest BCUT2D eigenvalue weighted by atomic mass is 9.89. The van der Waals surface area contributed by atoms with Crippen LogP contribution < -0.4 is 4.74 Å². The van der Waals surface area contributed by atoms with Crippen LogP contribution in [0.5, 0.6) is 5.75 Å². The summed E-state index contributed by atoms with van der Waals surface area (Å²) >= 11 is 6.45. The highest BCUT2D eigenvalue weighted by molar-refractivity contribution is 6.31. The highest BCUT2D eigenvalue weighted by Crippen LogP contribution is 2.29. The lowest BCUT2D eigenvalue weighted by molar-refractivity contribution is 0.0171. The summed E-state index contributed by atoms with van der Waals surface area (Å²) in [6, 6.07) is 6.20. The van der Waals surface area contributed by atoms with E-state index in [9.17, 15) is 4.79 Å². The van der Waals surface area contributed by atoms with Gasteiger partial charge in [-0.15, -0.1) is 0 Å². The Bertz CT molecular complexity index is 687.